The molecule has 1 aliphatic carbocycles. The average molecular weight is 337 g/mol. The second-order valence-corrected chi connectivity index (χ2v) is 7.09. The van der Waals surface area contributed by atoms with Gasteiger partial charge in [-0.3, -0.25) is 4.99 Å². The minimum atomic E-state index is -0.0926. The Kier molecular flexibility index (Phi) is 4.28. The van der Waals surface area contributed by atoms with Gasteiger partial charge in [-0.1, -0.05) is 31.5 Å². The largest absolute Gasteiger partial charge is 0.345 e. The summed E-state index contributed by atoms with van der Waals surface area (Å²) in [6.45, 7) is 3.81. The van der Waals surface area contributed by atoms with Gasteiger partial charge in [-0.15, -0.1) is 0 Å². The smallest absolute Gasteiger partial charge is 0.134 e. The second-order valence-electron chi connectivity index (χ2n) is 7.09. The molecular formula is C21H24FN3. The van der Waals surface area contributed by atoms with E-state index in [1.54, 1.807) is 0 Å². The SMILES string of the molecule is CCCc1cccc(-c2cnc(N3CC(=NC)C3)c(C3CC3)c2)c1F. The highest BCUT2D eigenvalue weighted by atomic mass is 19.1. The number of aliphatic imine (C=N–C) groups is 1. The fourth-order valence-corrected chi connectivity index (χ4v) is 3.53. The van der Waals surface area contributed by atoms with Gasteiger partial charge in [-0.2, -0.15) is 0 Å². The van der Waals surface area contributed by atoms with Crippen LogP contribution in [-0.4, -0.2) is 30.8 Å². The molecule has 2 fully saturated rings. The van der Waals surface area contributed by atoms with Gasteiger partial charge in [-0.25, -0.2) is 9.37 Å². The monoisotopic (exact) mass is 337 g/mol. The van der Waals surface area contributed by atoms with E-state index < -0.39 is 0 Å². The third kappa shape index (κ3) is 3.06. The molecule has 25 heavy (non-hydrogen) atoms. The van der Waals surface area contributed by atoms with Crippen LogP contribution in [-0.2, 0) is 6.42 Å². The normalized spacial score (nSPS) is 16.8. The summed E-state index contributed by atoms with van der Waals surface area (Å²) >= 11 is 0. The summed E-state index contributed by atoms with van der Waals surface area (Å²) in [7, 11) is 1.84. The Morgan fingerprint density at radius 1 is 1.28 bits per heavy atom. The number of halogens is 1. The summed E-state index contributed by atoms with van der Waals surface area (Å²) in [5, 5.41) is 0. The molecule has 0 atom stereocenters. The topological polar surface area (TPSA) is 28.5 Å². The third-order valence-electron chi connectivity index (χ3n) is 5.18. The quantitative estimate of drug-likeness (QED) is 0.797. The highest BCUT2D eigenvalue weighted by molar-refractivity contribution is 5.99. The summed E-state index contributed by atoms with van der Waals surface area (Å²) in [6.07, 6.45) is 5.96. The predicted molar refractivity (Wildman–Crippen MR) is 101 cm³/mol. The zero-order valence-electron chi connectivity index (χ0n) is 14.9. The van der Waals surface area contributed by atoms with E-state index in [9.17, 15) is 4.39 Å². The van der Waals surface area contributed by atoms with Crippen molar-refractivity contribution in [2.75, 3.05) is 25.0 Å². The van der Waals surface area contributed by atoms with E-state index in [-0.39, 0.29) is 5.82 Å². The van der Waals surface area contributed by atoms with Crippen molar-refractivity contribution in [1.82, 2.24) is 4.98 Å². The molecule has 2 aromatic rings. The molecule has 130 valence electrons. The van der Waals surface area contributed by atoms with Crippen LogP contribution >= 0.6 is 0 Å². The van der Waals surface area contributed by atoms with Crippen molar-refractivity contribution in [2.24, 2.45) is 4.99 Å². The molecule has 3 nitrogen and oxygen atoms in total. The first-order valence-electron chi connectivity index (χ1n) is 9.18. The minimum Gasteiger partial charge on any atom is -0.345 e. The van der Waals surface area contributed by atoms with Gasteiger partial charge >= 0.3 is 0 Å². The Balaban J connectivity index is 1.70. The molecule has 0 N–H and O–H groups in total. The zero-order valence-corrected chi connectivity index (χ0v) is 14.9. The van der Waals surface area contributed by atoms with Crippen molar-refractivity contribution < 1.29 is 4.39 Å². The van der Waals surface area contributed by atoms with Crippen molar-refractivity contribution in [3.8, 4) is 11.1 Å². The molecule has 0 radical (unpaired) electrons. The number of hydrogen-bond acceptors (Lipinski definition) is 3. The van der Waals surface area contributed by atoms with Crippen molar-refractivity contribution in [3.05, 3.63) is 47.4 Å². The van der Waals surface area contributed by atoms with Crippen molar-refractivity contribution in [2.45, 2.75) is 38.5 Å². The fraction of sp³-hybridized carbons (Fsp3) is 0.429. The maximum Gasteiger partial charge on any atom is 0.134 e. The molecule has 0 spiro atoms. The predicted octanol–water partition coefficient (Wildman–Crippen LogP) is 4.61. The summed E-state index contributed by atoms with van der Waals surface area (Å²) < 4.78 is 14.9. The number of nitrogens with zero attached hydrogens (tertiary/aromatic N) is 3. The first kappa shape index (κ1) is 16.2. The van der Waals surface area contributed by atoms with Crippen LogP contribution in [0, 0.1) is 5.82 Å². The van der Waals surface area contributed by atoms with Gasteiger partial charge in [0.05, 0.1) is 18.8 Å². The van der Waals surface area contributed by atoms with E-state index in [1.165, 1.54) is 24.1 Å². The summed E-state index contributed by atoms with van der Waals surface area (Å²) in [4.78, 5) is 11.3. The van der Waals surface area contributed by atoms with E-state index in [2.05, 4.69) is 22.9 Å². The van der Waals surface area contributed by atoms with Gasteiger partial charge in [0, 0.05) is 24.4 Å². The number of aromatic nitrogens is 1. The van der Waals surface area contributed by atoms with E-state index in [4.69, 9.17) is 4.98 Å². The first-order valence-corrected chi connectivity index (χ1v) is 9.18. The Labute approximate surface area is 148 Å². The Bertz CT molecular complexity index is 816. The lowest BCUT2D eigenvalue weighted by molar-refractivity contribution is 0.611. The lowest BCUT2D eigenvalue weighted by Crippen LogP contribution is -2.48. The Morgan fingerprint density at radius 2 is 2.08 bits per heavy atom. The third-order valence-corrected chi connectivity index (χ3v) is 5.18. The summed E-state index contributed by atoms with van der Waals surface area (Å²) in [5.74, 6) is 1.54. The summed E-state index contributed by atoms with van der Waals surface area (Å²) in [6, 6.07) is 7.87. The number of anilines is 1. The highest BCUT2D eigenvalue weighted by Crippen LogP contribution is 2.45. The fourth-order valence-electron chi connectivity index (χ4n) is 3.53. The molecule has 0 amide bonds. The second kappa shape index (κ2) is 6.58. The molecule has 1 aromatic carbocycles. The Hall–Kier alpha value is -2.23. The van der Waals surface area contributed by atoms with Crippen molar-refractivity contribution in [1.29, 1.82) is 0 Å². The number of pyridine rings is 1. The van der Waals surface area contributed by atoms with Crippen molar-refractivity contribution >= 4 is 11.5 Å². The van der Waals surface area contributed by atoms with Crippen LogP contribution in [0.2, 0.25) is 0 Å². The molecule has 4 rings (SSSR count). The van der Waals surface area contributed by atoms with E-state index in [0.717, 1.165) is 42.9 Å². The van der Waals surface area contributed by atoms with Crippen LogP contribution in [0.5, 0.6) is 0 Å². The molecule has 2 heterocycles. The molecule has 4 heteroatoms. The van der Waals surface area contributed by atoms with Crippen LogP contribution < -0.4 is 4.90 Å². The van der Waals surface area contributed by atoms with Crippen molar-refractivity contribution in [3.63, 3.8) is 0 Å². The maximum absolute atomic E-state index is 14.9. The lowest BCUT2D eigenvalue weighted by Gasteiger charge is -2.35. The zero-order chi connectivity index (χ0) is 17.4. The number of benzene rings is 1. The highest BCUT2D eigenvalue weighted by Gasteiger charge is 2.32. The lowest BCUT2D eigenvalue weighted by atomic mass is 9.98. The number of hydrogen-bond donors (Lipinski definition) is 0. The van der Waals surface area contributed by atoms with Crippen LogP contribution in [0.15, 0.2) is 35.5 Å². The van der Waals surface area contributed by atoms with Crippen LogP contribution in [0.3, 0.4) is 0 Å². The maximum atomic E-state index is 14.9. The number of rotatable bonds is 5. The molecule has 2 aliphatic rings. The Morgan fingerprint density at radius 3 is 2.76 bits per heavy atom. The molecule has 0 bridgehead atoms. The molecule has 1 saturated heterocycles. The van der Waals surface area contributed by atoms with Crippen LogP contribution in [0.4, 0.5) is 10.2 Å². The van der Waals surface area contributed by atoms with E-state index >= 15 is 0 Å². The van der Waals surface area contributed by atoms with Gasteiger partial charge in [0.1, 0.15) is 11.6 Å². The van der Waals surface area contributed by atoms with Gasteiger partial charge < -0.3 is 4.90 Å². The van der Waals surface area contributed by atoms with E-state index in [1.807, 2.05) is 31.4 Å². The summed E-state index contributed by atoms with van der Waals surface area (Å²) in [5.41, 5.74) is 4.85. The van der Waals surface area contributed by atoms with Gasteiger partial charge in [0.2, 0.25) is 0 Å². The van der Waals surface area contributed by atoms with Gasteiger partial charge in [0.25, 0.3) is 0 Å². The molecule has 1 aromatic heterocycles. The molecule has 1 saturated carbocycles. The minimum absolute atomic E-state index is 0.0926. The van der Waals surface area contributed by atoms with Crippen LogP contribution in [0.25, 0.3) is 11.1 Å². The van der Waals surface area contributed by atoms with Crippen LogP contribution in [0.1, 0.15) is 43.2 Å². The molecular weight excluding hydrogens is 313 g/mol. The first-order chi connectivity index (χ1) is 12.2. The number of aryl methyl sites for hydroxylation is 1. The van der Waals surface area contributed by atoms with Gasteiger partial charge in [0.15, 0.2) is 0 Å². The average Bonchev–Trinajstić information content (AvgIpc) is 3.41. The molecule has 0 unspecified atom stereocenters. The van der Waals surface area contributed by atoms with Gasteiger partial charge in [-0.05, 0) is 42.4 Å². The standard InChI is InChI=1S/C21H24FN3/c1-3-5-15-6-4-7-18(20(15)22)16-10-19(14-8-9-14)21(24-11-16)25-12-17(13-25)23-2/h4,6-7,10-11,14H,3,5,8-9,12-13H2,1-2H3. The molecule has 1 aliphatic heterocycles. The van der Waals surface area contributed by atoms with E-state index in [0.29, 0.717) is 11.5 Å².